The van der Waals surface area contributed by atoms with Crippen molar-refractivity contribution in [2.45, 2.75) is 30.3 Å². The summed E-state index contributed by atoms with van der Waals surface area (Å²) in [5.41, 5.74) is 6.31. The minimum absolute atomic E-state index is 0.142. The summed E-state index contributed by atoms with van der Waals surface area (Å²) in [6, 6.07) is 5.62. The van der Waals surface area contributed by atoms with Gasteiger partial charge in [-0.2, -0.15) is 4.72 Å². The maximum Gasteiger partial charge on any atom is 0.241 e. The minimum Gasteiger partial charge on any atom is -0.355 e. The van der Waals surface area contributed by atoms with Gasteiger partial charge in [-0.1, -0.05) is 12.1 Å². The van der Waals surface area contributed by atoms with E-state index in [1.807, 2.05) is 0 Å². The Morgan fingerprint density at radius 3 is 2.58 bits per heavy atom. The summed E-state index contributed by atoms with van der Waals surface area (Å²) in [5, 5.41) is 2.64. The van der Waals surface area contributed by atoms with Crippen LogP contribution in [0.2, 0.25) is 0 Å². The summed E-state index contributed by atoms with van der Waals surface area (Å²) < 4.78 is 26.7. The zero-order valence-electron chi connectivity index (χ0n) is 10.4. The molecule has 1 atom stereocenters. The van der Waals surface area contributed by atoms with E-state index >= 15 is 0 Å². The molecule has 0 saturated carbocycles. The summed E-state index contributed by atoms with van der Waals surface area (Å²) in [4.78, 5) is 11.7. The van der Waals surface area contributed by atoms with Crippen molar-refractivity contribution in [3.8, 4) is 0 Å². The molecule has 0 radical (unpaired) electrons. The van der Waals surface area contributed by atoms with E-state index in [2.05, 4.69) is 10.0 Å². The third-order valence-electron chi connectivity index (χ3n) is 3.05. The molecule has 1 saturated heterocycles. The highest BCUT2D eigenvalue weighted by Gasteiger charge is 2.27. The van der Waals surface area contributed by atoms with Gasteiger partial charge >= 0.3 is 0 Å². The van der Waals surface area contributed by atoms with Crippen LogP contribution < -0.4 is 15.8 Å². The Bertz CT molecular complexity index is 554. The Morgan fingerprint density at radius 1 is 1.32 bits per heavy atom. The summed E-state index contributed by atoms with van der Waals surface area (Å²) in [6.45, 7) is 0.959. The van der Waals surface area contributed by atoms with Gasteiger partial charge in [0.1, 0.15) is 6.04 Å². The molecule has 104 valence electrons. The van der Waals surface area contributed by atoms with Crippen molar-refractivity contribution in [1.82, 2.24) is 10.0 Å². The number of nitrogens with one attached hydrogen (secondary N) is 2. The zero-order valence-corrected chi connectivity index (χ0v) is 11.2. The topological polar surface area (TPSA) is 101 Å². The van der Waals surface area contributed by atoms with Gasteiger partial charge in [0.2, 0.25) is 15.9 Å². The second-order valence-corrected chi connectivity index (χ2v) is 6.17. The maximum absolute atomic E-state index is 12.1. The van der Waals surface area contributed by atoms with E-state index in [1.54, 1.807) is 12.1 Å². The molecule has 1 aromatic rings. The molecular weight excluding hydrogens is 266 g/mol. The zero-order chi connectivity index (χ0) is 13.9. The average Bonchev–Trinajstić information content (AvgIpc) is 2.41. The third kappa shape index (κ3) is 3.31. The first-order valence-electron chi connectivity index (χ1n) is 6.12. The number of carbonyl (C=O) groups is 1. The number of amides is 1. The predicted octanol–water partition coefficient (Wildman–Crippen LogP) is -0.298. The smallest absolute Gasteiger partial charge is 0.241 e. The maximum atomic E-state index is 12.1. The lowest BCUT2D eigenvalue weighted by Gasteiger charge is -2.22. The minimum atomic E-state index is -3.67. The molecule has 4 N–H and O–H groups in total. The number of hydrogen-bond donors (Lipinski definition) is 3. The van der Waals surface area contributed by atoms with Crippen LogP contribution in [-0.4, -0.2) is 26.9 Å². The molecule has 1 unspecified atom stereocenters. The molecule has 1 heterocycles. The molecular formula is C12H17N3O3S. The van der Waals surface area contributed by atoms with E-state index in [0.29, 0.717) is 19.5 Å². The van der Waals surface area contributed by atoms with E-state index in [4.69, 9.17) is 5.73 Å². The molecule has 1 aliphatic heterocycles. The normalized spacial score (nSPS) is 20.1. The fraction of sp³-hybridized carbons (Fsp3) is 0.417. The lowest BCUT2D eigenvalue weighted by atomic mass is 10.1. The van der Waals surface area contributed by atoms with Crippen LogP contribution in [0.25, 0.3) is 0 Å². The first-order chi connectivity index (χ1) is 9.03. The first-order valence-corrected chi connectivity index (χ1v) is 7.60. The molecule has 2 rings (SSSR count). The third-order valence-corrected chi connectivity index (χ3v) is 4.54. The molecule has 1 aliphatic rings. The number of nitrogens with two attached hydrogens (primary N) is 1. The fourth-order valence-corrected chi connectivity index (χ4v) is 3.17. The van der Waals surface area contributed by atoms with Crippen LogP contribution in [0.1, 0.15) is 18.4 Å². The second-order valence-electron chi connectivity index (χ2n) is 4.46. The Kier molecular flexibility index (Phi) is 4.18. The number of hydrogen-bond acceptors (Lipinski definition) is 4. The van der Waals surface area contributed by atoms with Crippen molar-refractivity contribution >= 4 is 15.9 Å². The number of carbonyl (C=O) groups excluding carboxylic acids is 1. The van der Waals surface area contributed by atoms with Gasteiger partial charge in [-0.3, -0.25) is 4.79 Å². The molecule has 0 aromatic heterocycles. The molecule has 0 spiro atoms. The van der Waals surface area contributed by atoms with Crippen LogP contribution in [0.5, 0.6) is 0 Å². The number of rotatable bonds is 4. The summed E-state index contributed by atoms with van der Waals surface area (Å²) in [6.07, 6.45) is 1.29. The summed E-state index contributed by atoms with van der Waals surface area (Å²) in [7, 11) is -3.67. The first kappa shape index (κ1) is 14.0. The summed E-state index contributed by atoms with van der Waals surface area (Å²) in [5.74, 6) is -0.270. The highest BCUT2D eigenvalue weighted by atomic mass is 32.2. The van der Waals surface area contributed by atoms with Gasteiger partial charge in [0.05, 0.1) is 4.90 Å². The summed E-state index contributed by atoms with van der Waals surface area (Å²) >= 11 is 0. The van der Waals surface area contributed by atoms with Gasteiger partial charge in [-0.15, -0.1) is 0 Å². The fourth-order valence-electron chi connectivity index (χ4n) is 1.94. The van der Waals surface area contributed by atoms with E-state index in [1.165, 1.54) is 12.1 Å². The van der Waals surface area contributed by atoms with Gasteiger partial charge in [-0.05, 0) is 30.5 Å². The molecule has 6 nitrogen and oxygen atoms in total. The Hall–Kier alpha value is -1.44. The van der Waals surface area contributed by atoms with Gasteiger partial charge in [0.25, 0.3) is 0 Å². The van der Waals surface area contributed by atoms with Gasteiger partial charge in [-0.25, -0.2) is 8.42 Å². The van der Waals surface area contributed by atoms with Crippen LogP contribution in [0.4, 0.5) is 0 Å². The van der Waals surface area contributed by atoms with E-state index in [-0.39, 0.29) is 10.8 Å². The molecule has 1 fully saturated rings. The van der Waals surface area contributed by atoms with Gasteiger partial charge in [0.15, 0.2) is 0 Å². The highest BCUT2D eigenvalue weighted by Crippen LogP contribution is 2.13. The van der Waals surface area contributed by atoms with Crippen molar-refractivity contribution < 1.29 is 13.2 Å². The number of sulfonamides is 1. The largest absolute Gasteiger partial charge is 0.355 e. The van der Waals surface area contributed by atoms with Crippen molar-refractivity contribution in [3.05, 3.63) is 29.8 Å². The Morgan fingerprint density at radius 2 is 2.00 bits per heavy atom. The van der Waals surface area contributed by atoms with E-state index in [0.717, 1.165) is 12.0 Å². The van der Waals surface area contributed by atoms with Crippen LogP contribution in [0, 0.1) is 0 Å². The quantitative estimate of drug-likeness (QED) is 0.706. The lowest BCUT2D eigenvalue weighted by molar-refractivity contribution is -0.124. The molecule has 1 aromatic carbocycles. The van der Waals surface area contributed by atoms with Crippen molar-refractivity contribution in [2.75, 3.05) is 6.54 Å². The van der Waals surface area contributed by atoms with Gasteiger partial charge in [0, 0.05) is 13.1 Å². The van der Waals surface area contributed by atoms with Gasteiger partial charge < -0.3 is 11.1 Å². The van der Waals surface area contributed by atoms with E-state index < -0.39 is 16.1 Å². The van der Waals surface area contributed by atoms with Crippen molar-refractivity contribution in [2.24, 2.45) is 5.73 Å². The number of benzene rings is 1. The van der Waals surface area contributed by atoms with Crippen LogP contribution in [0.15, 0.2) is 29.2 Å². The van der Waals surface area contributed by atoms with Crippen LogP contribution in [-0.2, 0) is 21.4 Å². The Labute approximate surface area is 112 Å². The second kappa shape index (κ2) is 5.68. The predicted molar refractivity (Wildman–Crippen MR) is 70.7 cm³/mol. The molecule has 1 amide bonds. The standard InChI is InChI=1S/C12H17N3O3S/c13-8-9-3-5-10(6-4-9)19(17,18)15-11-2-1-7-14-12(11)16/h3-6,11,15H,1-2,7-8,13H2,(H,14,16). The number of piperidine rings is 1. The monoisotopic (exact) mass is 283 g/mol. The Balaban J connectivity index is 2.14. The van der Waals surface area contributed by atoms with Crippen LogP contribution >= 0.6 is 0 Å². The van der Waals surface area contributed by atoms with Crippen molar-refractivity contribution in [1.29, 1.82) is 0 Å². The molecule has 7 heteroatoms. The average molecular weight is 283 g/mol. The highest BCUT2D eigenvalue weighted by molar-refractivity contribution is 7.89. The molecule has 19 heavy (non-hydrogen) atoms. The SMILES string of the molecule is NCc1ccc(S(=O)(=O)NC2CCCNC2=O)cc1. The lowest BCUT2D eigenvalue weighted by Crippen LogP contribution is -2.50. The molecule has 0 aliphatic carbocycles. The van der Waals surface area contributed by atoms with Crippen molar-refractivity contribution in [3.63, 3.8) is 0 Å². The molecule has 0 bridgehead atoms. The van der Waals surface area contributed by atoms with Crippen LogP contribution in [0.3, 0.4) is 0 Å². The van der Waals surface area contributed by atoms with E-state index in [9.17, 15) is 13.2 Å².